The van der Waals surface area contributed by atoms with Crippen LogP contribution in [-0.2, 0) is 6.54 Å². The molecule has 1 aromatic heterocycles. The third-order valence-corrected chi connectivity index (χ3v) is 2.28. The summed E-state index contributed by atoms with van der Waals surface area (Å²) in [6.07, 6.45) is 6.95. The van der Waals surface area contributed by atoms with Crippen molar-refractivity contribution in [3.05, 3.63) is 30.6 Å². The molecule has 1 heterocycles. The van der Waals surface area contributed by atoms with E-state index in [1.807, 2.05) is 17.0 Å². The van der Waals surface area contributed by atoms with E-state index < -0.39 is 0 Å². The lowest BCUT2D eigenvalue weighted by Gasteiger charge is -2.10. The molecule has 0 fully saturated rings. The second kappa shape index (κ2) is 5.60. The summed E-state index contributed by atoms with van der Waals surface area (Å²) in [5.74, 6) is 0. The Morgan fingerprint density at radius 3 is 3.07 bits per heavy atom. The van der Waals surface area contributed by atoms with Crippen molar-refractivity contribution in [3.8, 4) is 0 Å². The number of aryl methyl sites for hydroxylation is 1. The third-order valence-electron chi connectivity index (χ3n) is 2.28. The lowest BCUT2D eigenvalue weighted by molar-refractivity contribution is 0.579. The Morgan fingerprint density at radius 1 is 1.71 bits per heavy atom. The second-order valence-electron chi connectivity index (χ2n) is 3.38. The van der Waals surface area contributed by atoms with E-state index in [1.54, 1.807) is 0 Å². The highest BCUT2D eigenvalue weighted by Crippen LogP contribution is 2.10. The van der Waals surface area contributed by atoms with Gasteiger partial charge in [0.2, 0.25) is 0 Å². The van der Waals surface area contributed by atoms with Gasteiger partial charge in [0.1, 0.15) is 0 Å². The molecule has 0 aliphatic rings. The number of aromatic nitrogens is 2. The van der Waals surface area contributed by atoms with Crippen LogP contribution >= 0.6 is 0 Å². The van der Waals surface area contributed by atoms with Gasteiger partial charge in [0.25, 0.3) is 0 Å². The first kappa shape index (κ1) is 11.0. The van der Waals surface area contributed by atoms with Crippen molar-refractivity contribution in [2.75, 3.05) is 6.54 Å². The molecular formula is C11H19N3. The van der Waals surface area contributed by atoms with E-state index in [9.17, 15) is 0 Å². The Balaban J connectivity index is 2.43. The number of rotatable bonds is 6. The van der Waals surface area contributed by atoms with Gasteiger partial charge in [-0.2, -0.15) is 5.10 Å². The zero-order valence-corrected chi connectivity index (χ0v) is 9.03. The van der Waals surface area contributed by atoms with Crippen LogP contribution in [0.15, 0.2) is 25.0 Å². The minimum absolute atomic E-state index is 0.371. The number of hydrogen-bond donors (Lipinski definition) is 1. The molecule has 0 radical (unpaired) electrons. The molecule has 1 aromatic rings. The highest BCUT2D eigenvalue weighted by molar-refractivity contribution is 5.09. The summed E-state index contributed by atoms with van der Waals surface area (Å²) in [4.78, 5) is 0. The van der Waals surface area contributed by atoms with Crippen LogP contribution in [0.25, 0.3) is 0 Å². The molecule has 78 valence electrons. The normalized spacial score (nSPS) is 12.7. The Labute approximate surface area is 85.8 Å². The molecule has 0 aromatic carbocycles. The zero-order valence-electron chi connectivity index (χ0n) is 9.03. The fourth-order valence-electron chi connectivity index (χ4n) is 1.30. The maximum atomic E-state index is 4.24. The van der Waals surface area contributed by atoms with Crippen LogP contribution in [0.3, 0.4) is 0 Å². The predicted octanol–water partition coefficient (Wildman–Crippen LogP) is 2.13. The van der Waals surface area contributed by atoms with Gasteiger partial charge in [0, 0.05) is 24.3 Å². The van der Waals surface area contributed by atoms with E-state index in [0.717, 1.165) is 19.5 Å². The maximum absolute atomic E-state index is 4.24. The van der Waals surface area contributed by atoms with E-state index in [-0.39, 0.29) is 0 Å². The standard InChI is InChI=1S/C11H19N3/c1-4-6-7-12-10(3)11-8-13-14(5-2)9-11/h4,8-10,12H,1,5-7H2,2-3H3. The van der Waals surface area contributed by atoms with Crippen LogP contribution in [0.5, 0.6) is 0 Å². The van der Waals surface area contributed by atoms with Crippen molar-refractivity contribution in [1.29, 1.82) is 0 Å². The van der Waals surface area contributed by atoms with Crippen molar-refractivity contribution in [1.82, 2.24) is 15.1 Å². The Bertz CT molecular complexity index is 278. The third kappa shape index (κ3) is 3.00. The van der Waals surface area contributed by atoms with Gasteiger partial charge in [-0.05, 0) is 26.8 Å². The first-order valence-electron chi connectivity index (χ1n) is 5.14. The lowest BCUT2D eigenvalue weighted by atomic mass is 10.2. The quantitative estimate of drug-likeness (QED) is 0.554. The van der Waals surface area contributed by atoms with Gasteiger partial charge in [0.05, 0.1) is 6.20 Å². The monoisotopic (exact) mass is 193 g/mol. The molecule has 0 bridgehead atoms. The Kier molecular flexibility index (Phi) is 4.40. The largest absolute Gasteiger partial charge is 0.310 e. The number of nitrogens with zero attached hydrogens (tertiary/aromatic N) is 2. The molecule has 3 nitrogen and oxygen atoms in total. The summed E-state index contributed by atoms with van der Waals surface area (Å²) in [5.41, 5.74) is 1.25. The number of nitrogens with one attached hydrogen (secondary N) is 1. The average Bonchev–Trinajstić information content (AvgIpc) is 2.66. The SMILES string of the molecule is C=CCCNC(C)c1cnn(CC)c1. The molecule has 0 saturated carbocycles. The molecule has 0 aliphatic heterocycles. The highest BCUT2D eigenvalue weighted by atomic mass is 15.3. The molecule has 0 amide bonds. The van der Waals surface area contributed by atoms with Crippen LogP contribution in [-0.4, -0.2) is 16.3 Å². The molecular weight excluding hydrogens is 174 g/mol. The molecule has 0 spiro atoms. The van der Waals surface area contributed by atoms with Gasteiger partial charge in [-0.1, -0.05) is 6.08 Å². The fraction of sp³-hybridized carbons (Fsp3) is 0.545. The van der Waals surface area contributed by atoms with Gasteiger partial charge in [-0.25, -0.2) is 0 Å². The summed E-state index contributed by atoms with van der Waals surface area (Å²) in [7, 11) is 0. The average molecular weight is 193 g/mol. The van der Waals surface area contributed by atoms with Crippen molar-refractivity contribution >= 4 is 0 Å². The van der Waals surface area contributed by atoms with Gasteiger partial charge < -0.3 is 5.32 Å². The minimum atomic E-state index is 0.371. The van der Waals surface area contributed by atoms with Crippen molar-refractivity contribution < 1.29 is 0 Å². The summed E-state index contributed by atoms with van der Waals surface area (Å²) in [6.45, 7) is 9.84. The summed E-state index contributed by atoms with van der Waals surface area (Å²) in [5, 5.41) is 7.65. The highest BCUT2D eigenvalue weighted by Gasteiger charge is 2.05. The van der Waals surface area contributed by atoms with E-state index in [0.29, 0.717) is 6.04 Å². The van der Waals surface area contributed by atoms with Crippen LogP contribution in [0, 0.1) is 0 Å². The van der Waals surface area contributed by atoms with Gasteiger partial charge in [-0.15, -0.1) is 6.58 Å². The molecule has 1 atom stereocenters. The van der Waals surface area contributed by atoms with E-state index in [2.05, 4.69) is 37.0 Å². The van der Waals surface area contributed by atoms with Crippen LogP contribution in [0.2, 0.25) is 0 Å². The molecule has 1 rings (SSSR count). The molecule has 1 unspecified atom stereocenters. The van der Waals surface area contributed by atoms with Crippen molar-refractivity contribution in [2.45, 2.75) is 32.9 Å². The molecule has 1 N–H and O–H groups in total. The zero-order chi connectivity index (χ0) is 10.4. The van der Waals surface area contributed by atoms with Crippen LogP contribution in [0.4, 0.5) is 0 Å². The predicted molar refractivity (Wildman–Crippen MR) is 59.1 cm³/mol. The topological polar surface area (TPSA) is 29.9 Å². The van der Waals surface area contributed by atoms with Crippen LogP contribution < -0.4 is 5.32 Å². The minimum Gasteiger partial charge on any atom is -0.310 e. The smallest absolute Gasteiger partial charge is 0.0537 e. The van der Waals surface area contributed by atoms with Gasteiger partial charge in [0.15, 0.2) is 0 Å². The van der Waals surface area contributed by atoms with E-state index in [1.165, 1.54) is 5.56 Å². The molecule has 0 saturated heterocycles. The van der Waals surface area contributed by atoms with Crippen molar-refractivity contribution in [2.24, 2.45) is 0 Å². The second-order valence-corrected chi connectivity index (χ2v) is 3.38. The fourth-order valence-corrected chi connectivity index (χ4v) is 1.30. The van der Waals surface area contributed by atoms with E-state index in [4.69, 9.17) is 0 Å². The van der Waals surface area contributed by atoms with Crippen molar-refractivity contribution in [3.63, 3.8) is 0 Å². The Hall–Kier alpha value is -1.09. The van der Waals surface area contributed by atoms with Gasteiger partial charge in [-0.3, -0.25) is 4.68 Å². The first-order chi connectivity index (χ1) is 6.77. The molecule has 3 heteroatoms. The summed E-state index contributed by atoms with van der Waals surface area (Å²) < 4.78 is 1.95. The first-order valence-corrected chi connectivity index (χ1v) is 5.14. The Morgan fingerprint density at radius 2 is 2.50 bits per heavy atom. The van der Waals surface area contributed by atoms with Gasteiger partial charge >= 0.3 is 0 Å². The lowest BCUT2D eigenvalue weighted by Crippen LogP contribution is -2.18. The number of hydrogen-bond acceptors (Lipinski definition) is 2. The molecule has 14 heavy (non-hydrogen) atoms. The van der Waals surface area contributed by atoms with E-state index >= 15 is 0 Å². The van der Waals surface area contributed by atoms with Crippen LogP contribution in [0.1, 0.15) is 31.9 Å². The maximum Gasteiger partial charge on any atom is 0.0537 e. The molecule has 0 aliphatic carbocycles. The summed E-state index contributed by atoms with van der Waals surface area (Å²) >= 11 is 0. The summed E-state index contributed by atoms with van der Waals surface area (Å²) in [6, 6.07) is 0.371.